The van der Waals surface area contributed by atoms with E-state index >= 15 is 0 Å². The third-order valence-corrected chi connectivity index (χ3v) is 7.98. The van der Waals surface area contributed by atoms with Crippen LogP contribution in [0.2, 0.25) is 0 Å². The Morgan fingerprint density at radius 2 is 1.25 bits per heavy atom. The second kappa shape index (κ2) is 13.6. The van der Waals surface area contributed by atoms with Crippen LogP contribution >= 0.6 is 28.3 Å². The quantitative estimate of drug-likeness (QED) is 0.466. The average Bonchev–Trinajstić information content (AvgIpc) is 2.63. The fourth-order valence-corrected chi connectivity index (χ4v) is 4.67. The maximum atomic E-state index is 11.0. The van der Waals surface area contributed by atoms with Gasteiger partial charge in [-0.15, -0.1) is 12.4 Å². The highest BCUT2D eigenvalue weighted by Gasteiger charge is 2.34. The first kappa shape index (κ1) is 29.0. The Bertz CT molecular complexity index is 1000. The van der Waals surface area contributed by atoms with Gasteiger partial charge in [0.1, 0.15) is 5.25 Å². The zero-order chi connectivity index (χ0) is 22.9. The lowest BCUT2D eigenvalue weighted by molar-refractivity contribution is 0.176. The predicted octanol–water partition coefficient (Wildman–Crippen LogP) is 1.41. The molecule has 0 unspecified atom stereocenters. The molecule has 0 radical (unpaired) electrons. The van der Waals surface area contributed by atoms with Crippen LogP contribution in [0.4, 0.5) is 0 Å². The molecular formula is C20H30BrClN4O4S2. The molecule has 180 valence electrons. The van der Waals surface area contributed by atoms with Gasteiger partial charge in [-0.2, -0.15) is 0 Å². The van der Waals surface area contributed by atoms with Gasteiger partial charge in [0, 0.05) is 38.1 Å². The first-order chi connectivity index (χ1) is 14.6. The minimum Gasteiger partial charge on any atom is -0.314 e. The van der Waals surface area contributed by atoms with E-state index in [9.17, 15) is 16.8 Å². The van der Waals surface area contributed by atoms with Gasteiger partial charge in [0.2, 0.25) is 20.0 Å². The fraction of sp³-hybridized carbons (Fsp3) is 0.400. The molecule has 0 saturated carbocycles. The van der Waals surface area contributed by atoms with Crippen molar-refractivity contribution in [1.82, 2.24) is 10.2 Å². The van der Waals surface area contributed by atoms with E-state index < -0.39 is 20.0 Å². The summed E-state index contributed by atoms with van der Waals surface area (Å²) in [6.07, 6.45) is 0. The Kier molecular flexibility index (Phi) is 12.3. The van der Waals surface area contributed by atoms with Crippen molar-refractivity contribution < 1.29 is 16.8 Å². The number of alkyl halides is 1. The number of nitrogens with one attached hydrogen (secondary N) is 1. The van der Waals surface area contributed by atoms with Gasteiger partial charge in [0.25, 0.3) is 0 Å². The summed E-state index contributed by atoms with van der Waals surface area (Å²) in [5.74, 6) is 0. The van der Waals surface area contributed by atoms with Gasteiger partial charge in [0.15, 0.2) is 0 Å². The van der Waals surface area contributed by atoms with Crippen LogP contribution in [0.5, 0.6) is 0 Å². The van der Waals surface area contributed by atoms with Crippen LogP contribution in [-0.4, -0.2) is 58.4 Å². The van der Waals surface area contributed by atoms with E-state index in [2.05, 4.69) is 38.3 Å². The topological polar surface area (TPSA) is 136 Å². The highest BCUT2D eigenvalue weighted by Crippen LogP contribution is 2.17. The molecule has 2 aliphatic rings. The molecule has 2 aromatic rings. The van der Waals surface area contributed by atoms with Crippen LogP contribution in [0.15, 0.2) is 60.7 Å². The molecule has 2 heterocycles. The molecule has 2 fully saturated rings. The summed E-state index contributed by atoms with van der Waals surface area (Å²) in [5.41, 5.74) is 2.53. The Morgan fingerprint density at radius 1 is 0.812 bits per heavy atom. The summed E-state index contributed by atoms with van der Waals surface area (Å²) in [6, 6.07) is 20.3. The Morgan fingerprint density at radius 3 is 1.53 bits per heavy atom. The summed E-state index contributed by atoms with van der Waals surface area (Å²) < 4.78 is 42.6. The van der Waals surface area contributed by atoms with Crippen molar-refractivity contribution in [1.29, 1.82) is 0 Å². The number of benzene rings is 2. The second-order valence-electron chi connectivity index (χ2n) is 7.38. The predicted molar refractivity (Wildman–Crippen MR) is 135 cm³/mol. The van der Waals surface area contributed by atoms with Crippen molar-refractivity contribution in [3.05, 3.63) is 71.8 Å². The first-order valence-electron chi connectivity index (χ1n) is 9.69. The van der Waals surface area contributed by atoms with Gasteiger partial charge in [-0.1, -0.05) is 76.6 Å². The normalized spacial score (nSPS) is 16.7. The standard InChI is InChI=1S/C10H14N2O2S.C7H7Br.C3H8N2O2S.ClH/c11-15(13,14)10-7-12(8-10)6-9-4-2-1-3-5-9;8-6-7-4-2-1-3-5-7;4-8(6,7)3-1-5-2-3;/h1-5,10H,6-8H2,(H2,11,13,14);1-5H,6H2;3,5H,1-2H2,(H2,4,6,7);1H. The van der Waals surface area contributed by atoms with Crippen LogP contribution in [-0.2, 0) is 31.9 Å². The number of rotatable bonds is 5. The van der Waals surface area contributed by atoms with Crippen LogP contribution in [0.25, 0.3) is 0 Å². The fourth-order valence-electron chi connectivity index (χ4n) is 2.76. The third-order valence-electron chi connectivity index (χ3n) is 4.84. The number of hydrogen-bond donors (Lipinski definition) is 3. The molecule has 12 heteroatoms. The molecule has 2 aromatic carbocycles. The SMILES string of the molecule is BrCc1ccccc1.Cl.NS(=O)(=O)C1CN(Cc2ccccc2)C1.NS(=O)(=O)C1CNC1. The first-order valence-corrected chi connectivity index (χ1v) is 14.0. The van der Waals surface area contributed by atoms with Crippen LogP contribution < -0.4 is 15.6 Å². The van der Waals surface area contributed by atoms with E-state index in [1.54, 1.807) is 0 Å². The number of nitrogens with zero attached hydrogens (tertiary/aromatic N) is 1. The Balaban J connectivity index is 0.000000257. The van der Waals surface area contributed by atoms with Gasteiger partial charge in [-0.05, 0) is 11.1 Å². The number of primary sulfonamides is 2. The van der Waals surface area contributed by atoms with Crippen molar-refractivity contribution in [3.8, 4) is 0 Å². The minimum absolute atomic E-state index is 0. The van der Waals surface area contributed by atoms with E-state index in [0.717, 1.165) is 11.9 Å². The van der Waals surface area contributed by atoms with Gasteiger partial charge in [-0.3, -0.25) is 4.90 Å². The minimum atomic E-state index is -3.33. The zero-order valence-corrected chi connectivity index (χ0v) is 21.5. The highest BCUT2D eigenvalue weighted by atomic mass is 79.9. The summed E-state index contributed by atoms with van der Waals surface area (Å²) >= 11 is 3.36. The lowest BCUT2D eigenvalue weighted by Gasteiger charge is -2.37. The van der Waals surface area contributed by atoms with Gasteiger partial charge < -0.3 is 5.32 Å². The number of hydrogen-bond acceptors (Lipinski definition) is 6. The molecule has 0 amide bonds. The van der Waals surface area contributed by atoms with E-state index in [0.29, 0.717) is 26.2 Å². The van der Waals surface area contributed by atoms with E-state index in [4.69, 9.17) is 10.3 Å². The van der Waals surface area contributed by atoms with Crippen molar-refractivity contribution in [2.45, 2.75) is 22.4 Å². The van der Waals surface area contributed by atoms with Crippen molar-refractivity contribution in [2.75, 3.05) is 26.2 Å². The van der Waals surface area contributed by atoms with E-state index in [1.807, 2.05) is 48.5 Å². The molecule has 0 atom stereocenters. The van der Waals surface area contributed by atoms with E-state index in [1.165, 1.54) is 11.1 Å². The Labute approximate surface area is 205 Å². The lowest BCUT2D eigenvalue weighted by atomic mass is 10.1. The van der Waals surface area contributed by atoms with E-state index in [-0.39, 0.29) is 22.9 Å². The molecule has 0 aliphatic carbocycles. The van der Waals surface area contributed by atoms with Crippen molar-refractivity contribution in [2.24, 2.45) is 10.3 Å². The second-order valence-corrected chi connectivity index (χ2v) is 11.6. The summed E-state index contributed by atoms with van der Waals surface area (Å²) in [5, 5.41) is 12.9. The summed E-state index contributed by atoms with van der Waals surface area (Å²) in [4.78, 5) is 2.07. The number of halogens is 2. The number of nitrogens with two attached hydrogens (primary N) is 2. The maximum absolute atomic E-state index is 11.0. The number of likely N-dealkylation sites (tertiary alicyclic amines) is 1. The molecule has 4 rings (SSSR count). The van der Waals surface area contributed by atoms with Crippen LogP contribution in [0, 0.1) is 0 Å². The lowest BCUT2D eigenvalue weighted by Crippen LogP contribution is -2.55. The van der Waals surface area contributed by atoms with Crippen molar-refractivity contribution >= 4 is 48.4 Å². The van der Waals surface area contributed by atoms with Gasteiger partial charge >= 0.3 is 0 Å². The van der Waals surface area contributed by atoms with Gasteiger partial charge in [0.05, 0.1) is 5.25 Å². The Hall–Kier alpha value is -1.05. The zero-order valence-electron chi connectivity index (χ0n) is 17.5. The molecule has 2 aliphatic heterocycles. The molecular weight excluding hydrogens is 540 g/mol. The molecule has 8 nitrogen and oxygen atoms in total. The van der Waals surface area contributed by atoms with Crippen molar-refractivity contribution in [3.63, 3.8) is 0 Å². The summed E-state index contributed by atoms with van der Waals surface area (Å²) in [6.45, 7) is 2.92. The molecule has 32 heavy (non-hydrogen) atoms. The molecule has 0 aromatic heterocycles. The molecule has 0 spiro atoms. The maximum Gasteiger partial charge on any atom is 0.214 e. The smallest absolute Gasteiger partial charge is 0.214 e. The van der Waals surface area contributed by atoms with Crippen LogP contribution in [0.3, 0.4) is 0 Å². The van der Waals surface area contributed by atoms with Gasteiger partial charge in [-0.25, -0.2) is 27.1 Å². The average molecular weight is 570 g/mol. The summed E-state index contributed by atoms with van der Waals surface area (Å²) in [7, 11) is -6.56. The molecule has 0 bridgehead atoms. The number of sulfonamides is 2. The van der Waals surface area contributed by atoms with Crippen LogP contribution in [0.1, 0.15) is 11.1 Å². The monoisotopic (exact) mass is 568 g/mol. The third kappa shape index (κ3) is 10.3. The molecule has 5 N–H and O–H groups in total. The molecule has 2 saturated heterocycles. The largest absolute Gasteiger partial charge is 0.314 e. The highest BCUT2D eigenvalue weighted by molar-refractivity contribution is 9.08.